The Hall–Kier alpha value is -1.77. The second-order valence-corrected chi connectivity index (χ2v) is 5.41. The van der Waals surface area contributed by atoms with Crippen molar-refractivity contribution in [1.29, 1.82) is 0 Å². The fourth-order valence-corrected chi connectivity index (χ4v) is 2.97. The third-order valence-corrected chi connectivity index (χ3v) is 4.00. The third-order valence-electron chi connectivity index (χ3n) is 3.25. The maximum absolute atomic E-state index is 11.9. The Kier molecular flexibility index (Phi) is 3.51. The van der Waals surface area contributed by atoms with E-state index in [1.807, 2.05) is 0 Å². The minimum absolute atomic E-state index is 0.147. The van der Waals surface area contributed by atoms with Crippen LogP contribution in [0.1, 0.15) is 5.69 Å². The molecule has 1 aliphatic rings. The Labute approximate surface area is 118 Å². The molecule has 8 heteroatoms. The first-order valence-electron chi connectivity index (χ1n) is 6.15. The van der Waals surface area contributed by atoms with Gasteiger partial charge in [-0.15, -0.1) is 11.3 Å². The van der Waals surface area contributed by atoms with Crippen LogP contribution in [-0.2, 0) is 16.1 Å². The standard InChI is InChI=1S/C12H13N3O4S/c16-10-5-8(13-12-15(10)2-4-20-12)6-14-1-3-19-7-9(14)11(17)18/h2,4-5,9H,1,3,6-7H2,(H,17,18). The number of rotatable bonds is 3. The van der Waals surface area contributed by atoms with Crippen molar-refractivity contribution in [3.8, 4) is 0 Å². The number of hydrogen-bond acceptors (Lipinski definition) is 6. The number of aliphatic carboxylic acids is 1. The maximum Gasteiger partial charge on any atom is 0.323 e. The van der Waals surface area contributed by atoms with Crippen LogP contribution in [0.5, 0.6) is 0 Å². The van der Waals surface area contributed by atoms with Crippen molar-refractivity contribution in [2.24, 2.45) is 0 Å². The molecule has 7 nitrogen and oxygen atoms in total. The summed E-state index contributed by atoms with van der Waals surface area (Å²) < 4.78 is 6.66. The summed E-state index contributed by atoms with van der Waals surface area (Å²) in [5, 5.41) is 11.0. The van der Waals surface area contributed by atoms with Crippen LogP contribution in [0.15, 0.2) is 22.4 Å². The highest BCUT2D eigenvalue weighted by Gasteiger charge is 2.29. The topological polar surface area (TPSA) is 84.1 Å². The SMILES string of the molecule is O=C(O)C1COCCN1Cc1cc(=O)n2ccsc2n1. The van der Waals surface area contributed by atoms with Crippen molar-refractivity contribution in [2.45, 2.75) is 12.6 Å². The van der Waals surface area contributed by atoms with Crippen LogP contribution in [0.3, 0.4) is 0 Å². The van der Waals surface area contributed by atoms with Gasteiger partial charge in [-0.3, -0.25) is 18.9 Å². The normalized spacial score (nSPS) is 20.3. The molecule has 3 rings (SSSR count). The van der Waals surface area contributed by atoms with Gasteiger partial charge in [-0.2, -0.15) is 0 Å². The largest absolute Gasteiger partial charge is 0.480 e. The van der Waals surface area contributed by atoms with Crippen molar-refractivity contribution >= 4 is 22.3 Å². The molecule has 0 saturated carbocycles. The molecule has 1 fully saturated rings. The van der Waals surface area contributed by atoms with E-state index in [-0.39, 0.29) is 12.2 Å². The average molecular weight is 295 g/mol. The summed E-state index contributed by atoms with van der Waals surface area (Å²) >= 11 is 1.38. The van der Waals surface area contributed by atoms with Crippen LogP contribution in [0, 0.1) is 0 Å². The fourth-order valence-electron chi connectivity index (χ4n) is 2.23. The van der Waals surface area contributed by atoms with Gasteiger partial charge in [-0.25, -0.2) is 4.98 Å². The predicted octanol–water partition coefficient (Wildman–Crippen LogP) is 0.0414. The Bertz CT molecular complexity index is 695. The number of aromatic nitrogens is 2. The molecule has 1 saturated heterocycles. The number of carboxylic acids is 1. The van der Waals surface area contributed by atoms with Crippen LogP contribution >= 0.6 is 11.3 Å². The van der Waals surface area contributed by atoms with Crippen molar-refractivity contribution in [1.82, 2.24) is 14.3 Å². The van der Waals surface area contributed by atoms with Gasteiger partial charge in [0.25, 0.3) is 5.56 Å². The maximum atomic E-state index is 11.9. The molecule has 2 aromatic rings. The minimum atomic E-state index is -0.918. The van der Waals surface area contributed by atoms with E-state index in [1.165, 1.54) is 21.8 Å². The van der Waals surface area contributed by atoms with Crippen molar-refractivity contribution < 1.29 is 14.6 Å². The van der Waals surface area contributed by atoms with Gasteiger partial charge in [0.2, 0.25) is 0 Å². The van der Waals surface area contributed by atoms with E-state index >= 15 is 0 Å². The minimum Gasteiger partial charge on any atom is -0.480 e. The number of fused-ring (bicyclic) bond motifs is 1. The highest BCUT2D eigenvalue weighted by molar-refractivity contribution is 7.15. The number of thiazole rings is 1. The molecule has 0 radical (unpaired) electrons. The lowest BCUT2D eigenvalue weighted by Crippen LogP contribution is -2.49. The smallest absolute Gasteiger partial charge is 0.323 e. The number of hydrogen-bond donors (Lipinski definition) is 1. The molecular formula is C12H13N3O4S. The summed E-state index contributed by atoms with van der Waals surface area (Å²) in [4.78, 5) is 29.9. The molecule has 3 heterocycles. The molecule has 20 heavy (non-hydrogen) atoms. The summed E-state index contributed by atoms with van der Waals surface area (Å²) in [6, 6.07) is 0.765. The first kappa shape index (κ1) is 13.2. The van der Waals surface area contributed by atoms with Gasteiger partial charge in [0.15, 0.2) is 4.96 Å². The molecule has 1 N–H and O–H groups in total. The van der Waals surface area contributed by atoms with Gasteiger partial charge in [0, 0.05) is 30.7 Å². The molecule has 1 atom stereocenters. The third kappa shape index (κ3) is 2.45. The van der Waals surface area contributed by atoms with E-state index in [0.717, 1.165) is 0 Å². The average Bonchev–Trinajstić information content (AvgIpc) is 2.88. The molecule has 1 unspecified atom stereocenters. The zero-order chi connectivity index (χ0) is 14.1. The van der Waals surface area contributed by atoms with Gasteiger partial charge >= 0.3 is 5.97 Å². The summed E-state index contributed by atoms with van der Waals surface area (Å²) in [6.45, 7) is 1.51. The molecular weight excluding hydrogens is 282 g/mol. The monoisotopic (exact) mass is 295 g/mol. The summed E-state index contributed by atoms with van der Waals surface area (Å²) in [5.74, 6) is -0.918. The number of carboxylic acid groups (broad SMARTS) is 1. The Balaban J connectivity index is 1.87. The summed E-state index contributed by atoms with van der Waals surface area (Å²) in [7, 11) is 0. The van der Waals surface area contributed by atoms with E-state index in [2.05, 4.69) is 4.98 Å². The van der Waals surface area contributed by atoms with Crippen LogP contribution in [0.4, 0.5) is 0 Å². The molecule has 0 aromatic carbocycles. The van der Waals surface area contributed by atoms with Crippen molar-refractivity contribution in [2.75, 3.05) is 19.8 Å². The zero-order valence-corrected chi connectivity index (χ0v) is 11.4. The predicted molar refractivity (Wildman–Crippen MR) is 72.0 cm³/mol. The van der Waals surface area contributed by atoms with Gasteiger partial charge in [-0.05, 0) is 0 Å². The van der Waals surface area contributed by atoms with E-state index < -0.39 is 12.0 Å². The quantitative estimate of drug-likeness (QED) is 0.861. The Morgan fingerprint density at radius 3 is 3.25 bits per heavy atom. The van der Waals surface area contributed by atoms with Gasteiger partial charge in [-0.1, -0.05) is 0 Å². The van der Waals surface area contributed by atoms with E-state index in [0.29, 0.717) is 30.4 Å². The molecule has 106 valence electrons. The summed E-state index contributed by atoms with van der Waals surface area (Å²) in [6.07, 6.45) is 1.67. The number of morpholine rings is 1. The molecule has 1 aliphatic heterocycles. The molecule has 2 aromatic heterocycles. The Morgan fingerprint density at radius 2 is 2.45 bits per heavy atom. The van der Waals surface area contributed by atoms with Crippen LogP contribution in [0.2, 0.25) is 0 Å². The molecule has 0 aliphatic carbocycles. The fraction of sp³-hybridized carbons (Fsp3) is 0.417. The Morgan fingerprint density at radius 1 is 1.60 bits per heavy atom. The molecule has 0 spiro atoms. The zero-order valence-electron chi connectivity index (χ0n) is 10.6. The van der Waals surface area contributed by atoms with Gasteiger partial charge in [0.1, 0.15) is 6.04 Å². The number of carbonyl (C=O) groups is 1. The van der Waals surface area contributed by atoms with Gasteiger partial charge < -0.3 is 9.84 Å². The van der Waals surface area contributed by atoms with E-state index in [9.17, 15) is 14.7 Å². The second kappa shape index (κ2) is 5.31. The van der Waals surface area contributed by atoms with Crippen LogP contribution in [-0.4, -0.2) is 51.2 Å². The van der Waals surface area contributed by atoms with Crippen molar-refractivity contribution in [3.05, 3.63) is 33.7 Å². The first-order valence-corrected chi connectivity index (χ1v) is 7.03. The first-order chi connectivity index (χ1) is 9.65. The summed E-state index contributed by atoms with van der Waals surface area (Å²) in [5.41, 5.74) is 0.442. The molecule has 0 amide bonds. The lowest BCUT2D eigenvalue weighted by Gasteiger charge is -2.32. The van der Waals surface area contributed by atoms with Crippen molar-refractivity contribution in [3.63, 3.8) is 0 Å². The van der Waals surface area contributed by atoms with Gasteiger partial charge in [0.05, 0.1) is 18.9 Å². The molecule has 0 bridgehead atoms. The lowest BCUT2D eigenvalue weighted by molar-refractivity contribution is -0.150. The number of nitrogens with zero attached hydrogens (tertiary/aromatic N) is 3. The van der Waals surface area contributed by atoms with Crippen LogP contribution < -0.4 is 5.56 Å². The highest BCUT2D eigenvalue weighted by Crippen LogP contribution is 2.13. The highest BCUT2D eigenvalue weighted by atomic mass is 32.1. The number of ether oxygens (including phenoxy) is 1. The van der Waals surface area contributed by atoms with E-state index in [1.54, 1.807) is 16.5 Å². The van der Waals surface area contributed by atoms with Crippen LogP contribution in [0.25, 0.3) is 4.96 Å². The van der Waals surface area contributed by atoms with E-state index in [4.69, 9.17) is 4.74 Å². The lowest BCUT2D eigenvalue weighted by atomic mass is 10.2. The second-order valence-electron chi connectivity index (χ2n) is 4.54.